The monoisotopic (exact) mass is 202 g/mol. The summed E-state index contributed by atoms with van der Waals surface area (Å²) in [5.41, 5.74) is 0. The average Bonchev–Trinajstić information content (AvgIpc) is 1.97. The van der Waals surface area contributed by atoms with Crippen LogP contribution < -0.4 is 0 Å². The first-order valence-electron chi connectivity index (χ1n) is 4.57. The van der Waals surface area contributed by atoms with Gasteiger partial charge in [-0.25, -0.2) is 0 Å². The number of carbonyl (C=O) groups is 2. The number of Topliss-reactive ketones (excluding diaryl/α,β-unsaturated/α-hetero) is 1. The van der Waals surface area contributed by atoms with E-state index >= 15 is 0 Å². The normalized spacial score (nSPS) is 13.5. The molecule has 1 atom stereocenters. The van der Waals surface area contributed by atoms with Crippen LogP contribution in [-0.4, -0.2) is 16.1 Å². The summed E-state index contributed by atoms with van der Waals surface area (Å²) in [6.07, 6.45) is 0. The van der Waals surface area contributed by atoms with Crippen molar-refractivity contribution < 1.29 is 9.59 Å². The predicted octanol–water partition coefficient (Wildman–Crippen LogP) is 2.52. The zero-order chi connectivity index (χ0) is 10.6. The van der Waals surface area contributed by atoms with Crippen LogP contribution in [0, 0.1) is 11.8 Å². The van der Waals surface area contributed by atoms with Crippen molar-refractivity contribution in [3.8, 4) is 0 Å². The lowest BCUT2D eigenvalue weighted by molar-refractivity contribution is -0.118. The number of carbonyl (C=O) groups excluding carboxylic acids is 2. The summed E-state index contributed by atoms with van der Waals surface area (Å²) in [6.45, 7) is 9.18. The second-order valence-corrected chi connectivity index (χ2v) is 5.01. The summed E-state index contributed by atoms with van der Waals surface area (Å²) in [5, 5.41) is -0.0659. The van der Waals surface area contributed by atoms with Gasteiger partial charge in [0.25, 0.3) is 0 Å². The van der Waals surface area contributed by atoms with Gasteiger partial charge in [0.05, 0.1) is 5.25 Å². The molecule has 0 aromatic heterocycles. The van der Waals surface area contributed by atoms with E-state index in [2.05, 4.69) is 0 Å². The molecule has 0 radical (unpaired) electrons. The maximum Gasteiger partial charge on any atom is 0.192 e. The van der Waals surface area contributed by atoms with Crippen molar-refractivity contribution in [1.29, 1.82) is 0 Å². The highest BCUT2D eigenvalue weighted by Crippen LogP contribution is 2.23. The molecule has 0 aliphatic carbocycles. The van der Waals surface area contributed by atoms with Crippen LogP contribution in [0.1, 0.15) is 34.6 Å². The summed E-state index contributed by atoms with van der Waals surface area (Å²) >= 11 is 1.18. The van der Waals surface area contributed by atoms with E-state index in [0.717, 1.165) is 0 Å². The van der Waals surface area contributed by atoms with Gasteiger partial charge < -0.3 is 0 Å². The van der Waals surface area contributed by atoms with Gasteiger partial charge in [-0.05, 0) is 12.8 Å². The van der Waals surface area contributed by atoms with E-state index in [4.69, 9.17) is 0 Å². The molecule has 0 fully saturated rings. The van der Waals surface area contributed by atoms with Gasteiger partial charge in [0.1, 0.15) is 5.78 Å². The fraction of sp³-hybridized carbons (Fsp3) is 0.800. The first kappa shape index (κ1) is 12.7. The van der Waals surface area contributed by atoms with Crippen LogP contribution in [0.25, 0.3) is 0 Å². The lowest BCUT2D eigenvalue weighted by Crippen LogP contribution is -2.23. The Hall–Kier alpha value is -0.310. The Labute approximate surface area is 84.5 Å². The zero-order valence-corrected chi connectivity index (χ0v) is 9.77. The molecule has 1 unspecified atom stereocenters. The van der Waals surface area contributed by atoms with Gasteiger partial charge in [0, 0.05) is 5.92 Å². The van der Waals surface area contributed by atoms with Crippen LogP contribution in [0.2, 0.25) is 0 Å². The molecule has 0 aromatic carbocycles. The fourth-order valence-corrected chi connectivity index (χ4v) is 1.91. The van der Waals surface area contributed by atoms with Crippen LogP contribution in [0.3, 0.4) is 0 Å². The molecule has 76 valence electrons. The van der Waals surface area contributed by atoms with E-state index in [1.54, 1.807) is 6.92 Å². The third-order valence-corrected chi connectivity index (χ3v) is 3.55. The van der Waals surface area contributed by atoms with Gasteiger partial charge in [-0.1, -0.05) is 39.5 Å². The van der Waals surface area contributed by atoms with Gasteiger partial charge >= 0.3 is 0 Å². The molecule has 0 N–H and O–H groups in total. The molecule has 0 heterocycles. The smallest absolute Gasteiger partial charge is 0.192 e. The Balaban J connectivity index is 4.27. The summed E-state index contributed by atoms with van der Waals surface area (Å²) < 4.78 is 0. The Kier molecular flexibility index (Phi) is 5.30. The quantitative estimate of drug-likeness (QED) is 0.702. The molecule has 0 aliphatic rings. The molecular weight excluding hydrogens is 184 g/mol. The standard InChI is InChI=1S/C10H18O2S/c1-6(2)9(8(5)11)13-10(12)7(3)4/h6-7,9H,1-5H3. The Bertz CT molecular complexity index is 197. The molecule has 0 spiro atoms. The largest absolute Gasteiger partial charge is 0.299 e. The maximum absolute atomic E-state index is 11.4. The minimum Gasteiger partial charge on any atom is -0.299 e. The highest BCUT2D eigenvalue weighted by molar-refractivity contribution is 8.14. The summed E-state index contributed by atoms with van der Waals surface area (Å²) in [4.78, 5) is 22.5. The number of ketones is 1. The molecule has 0 bridgehead atoms. The van der Waals surface area contributed by atoms with Gasteiger partial charge in [0.15, 0.2) is 5.12 Å². The Morgan fingerprint density at radius 2 is 1.54 bits per heavy atom. The van der Waals surface area contributed by atoms with E-state index in [1.807, 2.05) is 27.7 Å². The SMILES string of the molecule is CC(=O)C(SC(=O)C(C)C)C(C)C. The molecular formula is C10H18O2S. The first-order chi connectivity index (χ1) is 5.86. The molecule has 0 aliphatic heterocycles. The topological polar surface area (TPSA) is 34.1 Å². The van der Waals surface area contributed by atoms with Crippen LogP contribution in [0.5, 0.6) is 0 Å². The highest BCUT2D eigenvalue weighted by Gasteiger charge is 2.23. The van der Waals surface area contributed by atoms with E-state index in [0.29, 0.717) is 0 Å². The molecule has 0 saturated heterocycles. The van der Waals surface area contributed by atoms with E-state index in [1.165, 1.54) is 11.8 Å². The molecule has 0 rings (SSSR count). The molecule has 3 heteroatoms. The minimum absolute atomic E-state index is 0.00519. The Morgan fingerprint density at radius 3 is 1.77 bits per heavy atom. The average molecular weight is 202 g/mol. The summed E-state index contributed by atoms with van der Waals surface area (Å²) in [5.74, 6) is 0.324. The van der Waals surface area contributed by atoms with Gasteiger partial charge in [-0.2, -0.15) is 0 Å². The van der Waals surface area contributed by atoms with Crippen molar-refractivity contribution in [2.75, 3.05) is 0 Å². The van der Waals surface area contributed by atoms with Crippen molar-refractivity contribution in [1.82, 2.24) is 0 Å². The van der Waals surface area contributed by atoms with Crippen molar-refractivity contribution in [2.24, 2.45) is 11.8 Å². The zero-order valence-electron chi connectivity index (χ0n) is 8.96. The Morgan fingerprint density at radius 1 is 1.08 bits per heavy atom. The fourth-order valence-electron chi connectivity index (χ4n) is 0.950. The van der Waals surface area contributed by atoms with Crippen molar-refractivity contribution in [3.63, 3.8) is 0 Å². The predicted molar refractivity (Wildman–Crippen MR) is 56.7 cm³/mol. The number of hydrogen-bond donors (Lipinski definition) is 0. The minimum atomic E-state index is -0.171. The van der Waals surface area contributed by atoms with Crippen LogP contribution in [-0.2, 0) is 9.59 Å². The second kappa shape index (κ2) is 5.43. The van der Waals surface area contributed by atoms with Crippen LogP contribution in [0.4, 0.5) is 0 Å². The summed E-state index contributed by atoms with van der Waals surface area (Å²) in [6, 6.07) is 0. The van der Waals surface area contributed by atoms with Crippen molar-refractivity contribution in [3.05, 3.63) is 0 Å². The number of thioether (sulfide) groups is 1. The van der Waals surface area contributed by atoms with Crippen molar-refractivity contribution >= 4 is 22.7 Å². The molecule has 2 nitrogen and oxygen atoms in total. The molecule has 13 heavy (non-hydrogen) atoms. The van der Waals surface area contributed by atoms with E-state index < -0.39 is 0 Å². The summed E-state index contributed by atoms with van der Waals surface area (Å²) in [7, 11) is 0. The lowest BCUT2D eigenvalue weighted by Gasteiger charge is -2.16. The molecule has 0 saturated carbocycles. The molecule has 0 amide bonds. The molecule has 0 aromatic rings. The van der Waals surface area contributed by atoms with Gasteiger partial charge in [-0.3, -0.25) is 9.59 Å². The van der Waals surface area contributed by atoms with Crippen molar-refractivity contribution in [2.45, 2.75) is 39.9 Å². The van der Waals surface area contributed by atoms with E-state index in [-0.39, 0.29) is 28.0 Å². The van der Waals surface area contributed by atoms with Gasteiger partial charge in [-0.15, -0.1) is 0 Å². The van der Waals surface area contributed by atoms with Crippen LogP contribution >= 0.6 is 11.8 Å². The second-order valence-electron chi connectivity index (χ2n) is 3.87. The maximum atomic E-state index is 11.4. The third kappa shape index (κ3) is 4.46. The van der Waals surface area contributed by atoms with Crippen LogP contribution in [0.15, 0.2) is 0 Å². The third-order valence-electron chi connectivity index (χ3n) is 1.72. The number of hydrogen-bond acceptors (Lipinski definition) is 3. The van der Waals surface area contributed by atoms with E-state index in [9.17, 15) is 9.59 Å². The number of rotatable bonds is 4. The first-order valence-corrected chi connectivity index (χ1v) is 5.45. The van der Waals surface area contributed by atoms with Gasteiger partial charge in [0.2, 0.25) is 0 Å². The lowest BCUT2D eigenvalue weighted by atomic mass is 10.1. The highest BCUT2D eigenvalue weighted by atomic mass is 32.2.